The van der Waals surface area contributed by atoms with Crippen molar-refractivity contribution in [3.05, 3.63) is 55.9 Å². The molecule has 0 bridgehead atoms. The highest BCUT2D eigenvalue weighted by Gasteiger charge is 2.16. The molecule has 0 saturated heterocycles. The largest absolute Gasteiger partial charge is 0.326 e. The van der Waals surface area contributed by atoms with Crippen LogP contribution < -0.4 is 10.9 Å². The molecule has 2 heterocycles. The van der Waals surface area contributed by atoms with Crippen LogP contribution in [0.2, 0.25) is 5.02 Å². The number of amides is 1. The number of rotatable bonds is 6. The lowest BCUT2D eigenvalue weighted by molar-refractivity contribution is -0.115. The van der Waals surface area contributed by atoms with Gasteiger partial charge in [0.2, 0.25) is 5.91 Å². The lowest BCUT2D eigenvalue weighted by Crippen LogP contribution is -2.14. The summed E-state index contributed by atoms with van der Waals surface area (Å²) in [5, 5.41) is 4.08. The molecule has 3 rings (SSSR count). The number of aromatic amines is 1. The molecule has 0 spiro atoms. The van der Waals surface area contributed by atoms with Crippen molar-refractivity contribution in [1.82, 2.24) is 9.97 Å². The van der Waals surface area contributed by atoms with Crippen molar-refractivity contribution < 1.29 is 4.79 Å². The molecule has 0 aliphatic heterocycles. The topological polar surface area (TPSA) is 74.8 Å². The first-order valence-electron chi connectivity index (χ1n) is 8.52. The summed E-state index contributed by atoms with van der Waals surface area (Å²) >= 11 is 9.04. The molecule has 0 fully saturated rings. The van der Waals surface area contributed by atoms with Gasteiger partial charge in [-0.15, -0.1) is 11.3 Å². The van der Waals surface area contributed by atoms with Gasteiger partial charge in [0.25, 0.3) is 5.56 Å². The number of nitrogens with one attached hydrogen (secondary N) is 2. The highest BCUT2D eigenvalue weighted by atomic mass is 35.5. The Morgan fingerprint density at radius 3 is 2.93 bits per heavy atom. The third kappa shape index (κ3) is 4.72. The minimum Gasteiger partial charge on any atom is -0.326 e. The molecule has 142 valence electrons. The van der Waals surface area contributed by atoms with E-state index in [1.54, 1.807) is 47.4 Å². The second-order valence-electron chi connectivity index (χ2n) is 6.24. The lowest BCUT2D eigenvalue weighted by atomic mass is 10.2. The van der Waals surface area contributed by atoms with Gasteiger partial charge in [-0.05, 0) is 44.5 Å². The van der Waals surface area contributed by atoms with Crippen LogP contribution in [0.5, 0.6) is 0 Å². The summed E-state index contributed by atoms with van der Waals surface area (Å²) in [6.45, 7) is 5.93. The average molecular weight is 422 g/mol. The molecule has 0 aliphatic carbocycles. The van der Waals surface area contributed by atoms with Gasteiger partial charge >= 0.3 is 0 Å². The number of H-pyrrole nitrogens is 1. The third-order valence-corrected chi connectivity index (χ3v) is 6.75. The summed E-state index contributed by atoms with van der Waals surface area (Å²) in [4.78, 5) is 33.8. The Morgan fingerprint density at radius 2 is 2.19 bits per heavy atom. The normalized spacial score (nSPS) is 12.3. The molecule has 5 nitrogen and oxygen atoms in total. The first-order chi connectivity index (χ1) is 12.8. The van der Waals surface area contributed by atoms with Crippen molar-refractivity contribution in [2.75, 3.05) is 11.1 Å². The van der Waals surface area contributed by atoms with Crippen LogP contribution >= 0.6 is 34.7 Å². The van der Waals surface area contributed by atoms with Crippen LogP contribution in [-0.2, 0) is 4.79 Å². The minimum absolute atomic E-state index is 0.0104. The highest BCUT2D eigenvalue weighted by Crippen LogP contribution is 2.30. The van der Waals surface area contributed by atoms with E-state index in [9.17, 15) is 9.59 Å². The number of hydrogen-bond acceptors (Lipinski definition) is 5. The highest BCUT2D eigenvalue weighted by molar-refractivity contribution is 7.99. The molecule has 0 saturated carbocycles. The van der Waals surface area contributed by atoms with Crippen LogP contribution in [0.4, 0.5) is 5.69 Å². The number of halogens is 1. The fraction of sp³-hybridized carbons (Fsp3) is 0.316. The van der Waals surface area contributed by atoms with E-state index in [-0.39, 0.29) is 16.7 Å². The number of hydrogen-bond donors (Lipinski definition) is 2. The number of thioether (sulfide) groups is 1. The summed E-state index contributed by atoms with van der Waals surface area (Å²) < 4.78 is 0. The maximum atomic E-state index is 12.4. The molecular formula is C19H20ClN3O2S2. The van der Waals surface area contributed by atoms with Gasteiger partial charge in [-0.3, -0.25) is 9.59 Å². The van der Waals surface area contributed by atoms with E-state index in [1.807, 2.05) is 20.8 Å². The zero-order valence-electron chi connectivity index (χ0n) is 15.3. The maximum absolute atomic E-state index is 12.4. The lowest BCUT2D eigenvalue weighted by Gasteiger charge is -2.11. The Morgan fingerprint density at radius 1 is 1.41 bits per heavy atom. The maximum Gasteiger partial charge on any atom is 0.259 e. The molecule has 0 aliphatic rings. The van der Waals surface area contributed by atoms with E-state index in [2.05, 4.69) is 15.3 Å². The molecule has 2 aromatic heterocycles. The Hall–Kier alpha value is -1.83. The second-order valence-corrected chi connectivity index (χ2v) is 9.32. The number of aryl methyl sites for hydroxylation is 2. The number of nitrogens with zero attached hydrogens (tertiary/aromatic N) is 1. The van der Waals surface area contributed by atoms with Gasteiger partial charge in [-0.1, -0.05) is 17.7 Å². The molecule has 1 atom stereocenters. The van der Waals surface area contributed by atoms with Gasteiger partial charge in [0.1, 0.15) is 10.7 Å². The molecule has 1 amide bonds. The van der Waals surface area contributed by atoms with Crippen LogP contribution in [0.3, 0.4) is 0 Å². The molecule has 0 radical (unpaired) electrons. The molecular weight excluding hydrogens is 402 g/mol. The van der Waals surface area contributed by atoms with Crippen molar-refractivity contribution in [2.24, 2.45) is 0 Å². The van der Waals surface area contributed by atoms with Crippen LogP contribution in [0.15, 0.2) is 29.1 Å². The van der Waals surface area contributed by atoms with E-state index in [0.717, 1.165) is 15.3 Å². The summed E-state index contributed by atoms with van der Waals surface area (Å²) in [5.41, 5.74) is 1.58. The van der Waals surface area contributed by atoms with Crippen LogP contribution in [-0.4, -0.2) is 21.6 Å². The Labute approximate surface area is 170 Å². The first-order valence-corrected chi connectivity index (χ1v) is 10.8. The Kier molecular flexibility index (Phi) is 6.24. The van der Waals surface area contributed by atoms with Gasteiger partial charge in [0.15, 0.2) is 0 Å². The minimum atomic E-state index is -0.0944. The van der Waals surface area contributed by atoms with Gasteiger partial charge in [-0.25, -0.2) is 4.98 Å². The van der Waals surface area contributed by atoms with E-state index in [4.69, 9.17) is 11.6 Å². The number of aromatic nitrogens is 2. The van der Waals surface area contributed by atoms with Crippen molar-refractivity contribution >= 4 is 56.5 Å². The molecule has 2 N–H and O–H groups in total. The zero-order valence-corrected chi connectivity index (χ0v) is 17.6. The van der Waals surface area contributed by atoms with Gasteiger partial charge in [-0.2, -0.15) is 11.8 Å². The molecule has 1 aromatic carbocycles. The quantitative estimate of drug-likeness (QED) is 0.582. The Balaban J connectivity index is 1.59. The van der Waals surface area contributed by atoms with Crippen LogP contribution in [0, 0.1) is 13.8 Å². The number of carbonyl (C=O) groups is 1. The SMILES string of the molecule is Cc1sc2nc(C(C)SCCC(=O)Nc3cccc(Cl)c3)[nH]c(=O)c2c1C. The van der Waals surface area contributed by atoms with Gasteiger partial charge in [0.05, 0.1) is 10.6 Å². The summed E-state index contributed by atoms with van der Waals surface area (Å²) in [7, 11) is 0. The summed E-state index contributed by atoms with van der Waals surface area (Å²) in [6, 6.07) is 7.06. The fourth-order valence-corrected chi connectivity index (χ4v) is 4.81. The first kappa shape index (κ1) is 19.9. The van der Waals surface area contributed by atoms with E-state index >= 15 is 0 Å². The van der Waals surface area contributed by atoms with Crippen molar-refractivity contribution in [1.29, 1.82) is 0 Å². The number of benzene rings is 1. The third-order valence-electron chi connectivity index (χ3n) is 4.25. The summed E-state index contributed by atoms with van der Waals surface area (Å²) in [5.74, 6) is 1.20. The monoisotopic (exact) mass is 421 g/mol. The van der Waals surface area contributed by atoms with Crippen molar-refractivity contribution in [3.63, 3.8) is 0 Å². The fourth-order valence-electron chi connectivity index (χ4n) is 2.66. The van der Waals surface area contributed by atoms with E-state index in [1.165, 1.54) is 0 Å². The average Bonchev–Trinajstić information content (AvgIpc) is 2.89. The smallest absolute Gasteiger partial charge is 0.259 e. The van der Waals surface area contributed by atoms with Crippen molar-refractivity contribution in [2.45, 2.75) is 32.4 Å². The van der Waals surface area contributed by atoms with Crippen LogP contribution in [0.25, 0.3) is 10.2 Å². The summed E-state index contributed by atoms with van der Waals surface area (Å²) in [6.07, 6.45) is 0.366. The van der Waals surface area contributed by atoms with E-state index in [0.29, 0.717) is 34.1 Å². The molecule has 3 aromatic rings. The van der Waals surface area contributed by atoms with E-state index < -0.39 is 0 Å². The van der Waals surface area contributed by atoms with Gasteiger partial charge in [0, 0.05) is 27.8 Å². The molecule has 27 heavy (non-hydrogen) atoms. The number of fused-ring (bicyclic) bond motifs is 1. The number of carbonyl (C=O) groups excluding carboxylic acids is 1. The zero-order chi connectivity index (χ0) is 19.6. The van der Waals surface area contributed by atoms with Gasteiger partial charge < -0.3 is 10.3 Å². The molecule has 8 heteroatoms. The standard InChI is InChI=1S/C19H20ClN3O2S2/c1-10-11(2)27-19-16(10)18(25)22-17(23-19)12(3)26-8-7-15(24)21-14-6-4-5-13(20)9-14/h4-6,9,12H,7-8H2,1-3H3,(H,21,24)(H,22,23,25). The Bertz CT molecular complexity index is 1050. The molecule has 1 unspecified atom stereocenters. The van der Waals surface area contributed by atoms with Crippen molar-refractivity contribution in [3.8, 4) is 0 Å². The number of anilines is 1. The van der Waals surface area contributed by atoms with Crippen LogP contribution in [0.1, 0.15) is 34.9 Å². The number of thiophene rings is 1. The second kappa shape index (κ2) is 8.46. The predicted octanol–water partition coefficient (Wildman–Crippen LogP) is 5.08. The predicted molar refractivity (Wildman–Crippen MR) is 115 cm³/mol.